The topological polar surface area (TPSA) is 19.1 Å². The molecule has 1 aliphatic heterocycles. The molecule has 0 atom stereocenters. The van der Waals surface area contributed by atoms with Crippen LogP contribution in [0.4, 0.5) is 5.69 Å². The maximum atomic E-state index is 4.81. The van der Waals surface area contributed by atoms with Crippen LogP contribution in [0.1, 0.15) is 0 Å². The number of hydrogen-bond donors (Lipinski definition) is 0. The zero-order valence-electron chi connectivity index (χ0n) is 12.9. The second-order valence-corrected chi connectivity index (χ2v) is 7.53. The van der Waals surface area contributed by atoms with Gasteiger partial charge in [-0.2, -0.15) is 0 Å². The van der Waals surface area contributed by atoms with Crippen LogP contribution in [0.25, 0.3) is 20.8 Å². The first-order valence-corrected chi connectivity index (χ1v) is 8.57. The first kappa shape index (κ1) is 17.4. The van der Waals surface area contributed by atoms with Crippen molar-refractivity contribution in [3.8, 4) is 10.6 Å². The van der Waals surface area contributed by atoms with E-state index in [1.807, 2.05) is 11.3 Å². The molecule has 1 heterocycles. The minimum Gasteiger partial charge on any atom is -1.00 e. The van der Waals surface area contributed by atoms with Gasteiger partial charge in [-0.05, 0) is 46.9 Å². The van der Waals surface area contributed by atoms with Crippen LogP contribution in [-0.4, -0.2) is 33.2 Å². The van der Waals surface area contributed by atoms with Gasteiger partial charge < -0.3 is 17.3 Å². The van der Waals surface area contributed by atoms with E-state index in [2.05, 4.69) is 90.6 Å². The molecule has 116 valence electrons. The monoisotopic (exact) mass is 443 g/mol. The van der Waals surface area contributed by atoms with Gasteiger partial charge in [0.1, 0.15) is 17.7 Å². The van der Waals surface area contributed by atoms with Crippen LogP contribution < -0.4 is 27.2 Å². The summed E-state index contributed by atoms with van der Waals surface area (Å²) in [6.07, 6.45) is 0. The van der Waals surface area contributed by atoms with Gasteiger partial charge in [0, 0.05) is 25.8 Å². The van der Waals surface area contributed by atoms with Crippen molar-refractivity contribution in [1.82, 2.24) is 9.56 Å². The Hall–Kier alpha value is -0.920. The molecule has 0 radical (unpaired) electrons. The summed E-state index contributed by atoms with van der Waals surface area (Å²) in [5, 5.41) is 1.24. The highest BCUT2D eigenvalue weighted by Gasteiger charge is 2.15. The largest absolute Gasteiger partial charge is 1.00 e. The predicted molar refractivity (Wildman–Crippen MR) is 100 cm³/mol. The van der Waals surface area contributed by atoms with Crippen molar-refractivity contribution in [2.75, 3.05) is 33.1 Å². The Bertz CT molecular complexity index is 869. The van der Waals surface area contributed by atoms with E-state index in [4.69, 9.17) is 4.98 Å². The number of nitrogens with zero attached hydrogens (tertiary/aromatic N) is 3. The van der Waals surface area contributed by atoms with Crippen LogP contribution in [0.5, 0.6) is 0 Å². The molecule has 0 bridgehead atoms. The molecule has 0 unspecified atom stereocenters. The van der Waals surface area contributed by atoms with Gasteiger partial charge >= 0.3 is 0 Å². The lowest BCUT2D eigenvalue weighted by molar-refractivity contribution is -0.00000416. The first-order chi connectivity index (χ1) is 9.97. The number of benzene rings is 2. The van der Waals surface area contributed by atoms with Gasteiger partial charge in [0.25, 0.3) is 0 Å². The van der Waals surface area contributed by atoms with Gasteiger partial charge in [-0.3, -0.25) is 0 Å². The van der Waals surface area contributed by atoms with Gasteiger partial charge in [0.15, 0.2) is 0 Å². The fourth-order valence-electron chi connectivity index (χ4n) is 2.26. The minimum atomic E-state index is 0. The Balaban J connectivity index is 0.00000176. The highest BCUT2D eigenvalue weighted by atomic mass is 125. The van der Waals surface area contributed by atoms with Gasteiger partial charge in [0.05, 0.1) is 20.8 Å². The quantitative estimate of drug-likeness (QED) is 0.302. The fraction of sp³-hybridized carbons (Fsp3) is 0.250. The zero-order valence-corrected chi connectivity index (χ0v) is 16.6. The highest BCUT2D eigenvalue weighted by molar-refractivity contribution is 14.1. The number of aromatic nitrogens is 1. The molecular weight excluding hydrogens is 427 g/mol. The van der Waals surface area contributed by atoms with Gasteiger partial charge in [-0.15, -0.1) is 11.3 Å². The van der Waals surface area contributed by atoms with Crippen molar-refractivity contribution in [2.45, 2.75) is 0 Å². The molecule has 1 aromatic rings. The van der Waals surface area contributed by atoms with Gasteiger partial charge in [-0.1, -0.05) is 0 Å². The van der Waals surface area contributed by atoms with Crippen LogP contribution in [0.15, 0.2) is 30.3 Å². The van der Waals surface area contributed by atoms with Crippen molar-refractivity contribution in [2.24, 2.45) is 0 Å². The SMILES string of the molecule is CN(C)c1ccc2nc3ccc(=[N+](C)C)c([125I])c-3sc2c1.[Cl-]. The third-order valence-electron chi connectivity index (χ3n) is 3.45. The Morgan fingerprint density at radius 3 is 2.50 bits per heavy atom. The van der Waals surface area contributed by atoms with Crippen molar-refractivity contribution >= 4 is 49.8 Å². The zero-order chi connectivity index (χ0) is 15.1. The van der Waals surface area contributed by atoms with E-state index in [0.717, 1.165) is 11.2 Å². The highest BCUT2D eigenvalue weighted by Crippen LogP contribution is 2.34. The Morgan fingerprint density at radius 2 is 1.86 bits per heavy atom. The Labute approximate surface area is 154 Å². The van der Waals surface area contributed by atoms with Crippen LogP contribution in [0.2, 0.25) is 0 Å². The van der Waals surface area contributed by atoms with Crippen molar-refractivity contribution < 1.29 is 12.4 Å². The van der Waals surface area contributed by atoms with Gasteiger partial charge in [0.2, 0.25) is 5.36 Å². The summed E-state index contributed by atoms with van der Waals surface area (Å²) in [6, 6.07) is 10.7. The average molecular weight is 444 g/mol. The lowest BCUT2D eigenvalue weighted by Gasteiger charge is -2.14. The maximum absolute atomic E-state index is 4.81. The first-order valence-electron chi connectivity index (χ1n) is 6.68. The van der Waals surface area contributed by atoms with Crippen molar-refractivity contribution in [3.05, 3.63) is 39.3 Å². The van der Waals surface area contributed by atoms with Gasteiger partial charge in [-0.25, -0.2) is 9.56 Å². The third kappa shape index (κ3) is 3.07. The van der Waals surface area contributed by atoms with Crippen LogP contribution >= 0.6 is 33.9 Å². The molecule has 2 aliphatic rings. The number of fused-ring (bicyclic) bond motifs is 2. The second-order valence-electron chi connectivity index (χ2n) is 5.40. The molecule has 3 rings (SSSR count). The van der Waals surface area contributed by atoms with Crippen LogP contribution in [0.3, 0.4) is 0 Å². The van der Waals surface area contributed by atoms with Crippen molar-refractivity contribution in [1.29, 1.82) is 0 Å². The number of anilines is 1. The third-order valence-corrected chi connectivity index (χ3v) is 6.07. The fourth-order valence-corrected chi connectivity index (χ4v) is 4.56. The number of rotatable bonds is 1. The lowest BCUT2D eigenvalue weighted by Crippen LogP contribution is -3.00. The molecule has 1 aromatic carbocycles. The summed E-state index contributed by atoms with van der Waals surface area (Å²) >= 11 is 4.24. The maximum Gasteiger partial charge on any atom is 0.214 e. The molecule has 22 heavy (non-hydrogen) atoms. The van der Waals surface area contributed by atoms with Crippen molar-refractivity contribution in [3.63, 3.8) is 0 Å². The molecule has 0 N–H and O–H groups in total. The summed E-state index contributed by atoms with van der Waals surface area (Å²) < 4.78 is 4.64. The summed E-state index contributed by atoms with van der Waals surface area (Å²) in [5.41, 5.74) is 3.34. The molecule has 0 spiro atoms. The van der Waals surface area contributed by atoms with E-state index < -0.39 is 0 Å². The second kappa shape index (κ2) is 6.68. The summed E-state index contributed by atoms with van der Waals surface area (Å²) in [7, 11) is 8.28. The predicted octanol–water partition coefficient (Wildman–Crippen LogP) is 0.107. The molecule has 0 saturated carbocycles. The molecule has 0 amide bonds. The van der Waals surface area contributed by atoms with E-state index in [-0.39, 0.29) is 12.4 Å². The summed E-state index contributed by atoms with van der Waals surface area (Å²) in [6.45, 7) is 0. The number of hydrogen-bond acceptors (Lipinski definition) is 3. The minimum absolute atomic E-state index is 0. The molecule has 3 nitrogen and oxygen atoms in total. The standard InChI is InChI=1S/C16H17IN3S.ClH/c1-19(2)10-5-6-11-14(9-10)21-16-12(18-11)7-8-13(15(16)17)20(3)4;/h5-9H,1-4H3;1H/q+1;/p-1/i17-2;. The van der Waals surface area contributed by atoms with E-state index in [9.17, 15) is 0 Å². The molecule has 0 aromatic heterocycles. The molecule has 0 saturated heterocycles. The normalized spacial score (nSPS) is 10.6. The van der Waals surface area contributed by atoms with Crippen LogP contribution in [-0.2, 0) is 0 Å². The van der Waals surface area contributed by atoms with E-state index >= 15 is 0 Å². The summed E-state index contributed by atoms with van der Waals surface area (Å²) in [5.74, 6) is 0. The van der Waals surface area contributed by atoms with E-state index in [1.54, 1.807) is 0 Å². The van der Waals surface area contributed by atoms with E-state index in [0.29, 0.717) is 0 Å². The molecule has 6 heteroatoms. The van der Waals surface area contributed by atoms with E-state index in [1.165, 1.54) is 24.2 Å². The Morgan fingerprint density at radius 1 is 1.14 bits per heavy atom. The smallest absolute Gasteiger partial charge is 0.214 e. The molecule has 0 fully saturated rings. The Kier molecular flexibility index (Phi) is 5.29. The average Bonchev–Trinajstić information content (AvgIpc) is 2.45. The van der Waals surface area contributed by atoms with Crippen LogP contribution in [0, 0.1) is 3.57 Å². The summed E-state index contributed by atoms with van der Waals surface area (Å²) in [4.78, 5) is 8.19. The number of halogens is 2. The molecule has 1 aliphatic carbocycles. The lowest BCUT2D eigenvalue weighted by atomic mass is 10.2. The molecular formula is C16H17ClIN3S.